The maximum Gasteiger partial charge on any atom is 0.0944 e. The lowest BCUT2D eigenvalue weighted by atomic mass is 9.92. The molecule has 0 amide bonds. The first-order valence-electron chi connectivity index (χ1n) is 5.01. The molecule has 3 N–H and O–H groups in total. The summed E-state index contributed by atoms with van der Waals surface area (Å²) < 4.78 is 11.5. The standard InChI is InChI=1S/C9H18N2O2/c10-5-8-6-12-7-9(13-8)1-3-11-4-2-9/h8,11H,1-7,10H2. The van der Waals surface area contributed by atoms with Gasteiger partial charge in [0.1, 0.15) is 0 Å². The molecule has 1 atom stereocenters. The van der Waals surface area contributed by atoms with Crippen LogP contribution in [0, 0.1) is 0 Å². The Labute approximate surface area is 78.8 Å². The SMILES string of the molecule is NCC1COCC2(CCNCC2)O1. The van der Waals surface area contributed by atoms with Crippen molar-refractivity contribution in [3.05, 3.63) is 0 Å². The summed E-state index contributed by atoms with van der Waals surface area (Å²) in [6.45, 7) is 4.02. The topological polar surface area (TPSA) is 56.5 Å². The Morgan fingerprint density at radius 3 is 2.85 bits per heavy atom. The minimum Gasteiger partial charge on any atom is -0.376 e. The van der Waals surface area contributed by atoms with E-state index in [0.717, 1.165) is 32.5 Å². The van der Waals surface area contributed by atoms with Crippen molar-refractivity contribution in [3.8, 4) is 0 Å². The van der Waals surface area contributed by atoms with E-state index in [4.69, 9.17) is 15.2 Å². The van der Waals surface area contributed by atoms with Crippen LogP contribution in [0.5, 0.6) is 0 Å². The van der Waals surface area contributed by atoms with Gasteiger partial charge < -0.3 is 20.5 Å². The minimum absolute atomic E-state index is 0.0342. The summed E-state index contributed by atoms with van der Waals surface area (Å²) >= 11 is 0. The first kappa shape index (κ1) is 9.40. The van der Waals surface area contributed by atoms with Gasteiger partial charge in [-0.1, -0.05) is 0 Å². The second kappa shape index (κ2) is 3.92. The zero-order valence-electron chi connectivity index (χ0n) is 7.92. The van der Waals surface area contributed by atoms with Gasteiger partial charge in [-0.2, -0.15) is 0 Å². The quantitative estimate of drug-likeness (QED) is 0.579. The fraction of sp³-hybridized carbons (Fsp3) is 1.00. The first-order chi connectivity index (χ1) is 6.35. The number of nitrogens with two attached hydrogens (primary N) is 1. The van der Waals surface area contributed by atoms with Gasteiger partial charge >= 0.3 is 0 Å². The average Bonchev–Trinajstić information content (AvgIpc) is 2.19. The summed E-state index contributed by atoms with van der Waals surface area (Å²) in [6, 6.07) is 0. The van der Waals surface area contributed by atoms with Crippen LogP contribution >= 0.6 is 0 Å². The molecular weight excluding hydrogens is 168 g/mol. The number of rotatable bonds is 1. The van der Waals surface area contributed by atoms with Crippen LogP contribution in [-0.4, -0.2) is 44.6 Å². The predicted molar refractivity (Wildman–Crippen MR) is 49.6 cm³/mol. The number of hydrogen-bond acceptors (Lipinski definition) is 4. The van der Waals surface area contributed by atoms with Crippen molar-refractivity contribution >= 4 is 0 Å². The van der Waals surface area contributed by atoms with Gasteiger partial charge in [0.25, 0.3) is 0 Å². The molecule has 2 rings (SSSR count). The molecule has 0 aliphatic carbocycles. The number of nitrogens with one attached hydrogen (secondary N) is 1. The van der Waals surface area contributed by atoms with E-state index in [2.05, 4.69) is 5.32 Å². The van der Waals surface area contributed by atoms with E-state index in [-0.39, 0.29) is 11.7 Å². The summed E-state index contributed by atoms with van der Waals surface area (Å²) in [5.41, 5.74) is 5.54. The van der Waals surface area contributed by atoms with Crippen molar-refractivity contribution in [3.63, 3.8) is 0 Å². The highest BCUT2D eigenvalue weighted by Gasteiger charge is 2.38. The van der Waals surface area contributed by atoms with Crippen LogP contribution < -0.4 is 11.1 Å². The molecule has 0 aromatic carbocycles. The molecule has 1 spiro atoms. The fourth-order valence-corrected chi connectivity index (χ4v) is 2.06. The zero-order chi connectivity index (χ0) is 9.15. The summed E-state index contributed by atoms with van der Waals surface area (Å²) in [4.78, 5) is 0. The lowest BCUT2D eigenvalue weighted by molar-refractivity contribution is -0.204. The summed E-state index contributed by atoms with van der Waals surface area (Å²) in [7, 11) is 0. The molecule has 2 aliphatic rings. The molecule has 1 unspecified atom stereocenters. The molecule has 2 fully saturated rings. The molecular formula is C9H18N2O2. The molecule has 0 aromatic rings. The third kappa shape index (κ3) is 2.02. The van der Waals surface area contributed by atoms with Crippen LogP contribution in [0.3, 0.4) is 0 Å². The van der Waals surface area contributed by atoms with E-state index in [1.165, 1.54) is 0 Å². The van der Waals surface area contributed by atoms with Crippen molar-refractivity contribution < 1.29 is 9.47 Å². The van der Waals surface area contributed by atoms with Crippen LogP contribution in [0.1, 0.15) is 12.8 Å². The molecule has 0 radical (unpaired) electrons. The van der Waals surface area contributed by atoms with Gasteiger partial charge in [-0.25, -0.2) is 0 Å². The van der Waals surface area contributed by atoms with Crippen molar-refractivity contribution in [2.75, 3.05) is 32.8 Å². The van der Waals surface area contributed by atoms with Gasteiger partial charge in [-0.15, -0.1) is 0 Å². The van der Waals surface area contributed by atoms with Crippen LogP contribution in [0.4, 0.5) is 0 Å². The van der Waals surface area contributed by atoms with E-state index in [0.29, 0.717) is 13.2 Å². The third-order valence-corrected chi connectivity index (χ3v) is 2.86. The van der Waals surface area contributed by atoms with Crippen molar-refractivity contribution in [2.45, 2.75) is 24.5 Å². The number of hydrogen-bond donors (Lipinski definition) is 2. The Kier molecular flexibility index (Phi) is 2.83. The normalized spacial score (nSPS) is 33.5. The summed E-state index contributed by atoms with van der Waals surface area (Å²) in [5, 5.41) is 3.32. The monoisotopic (exact) mass is 186 g/mol. The molecule has 2 saturated heterocycles. The van der Waals surface area contributed by atoms with Gasteiger partial charge in [0.15, 0.2) is 0 Å². The highest BCUT2D eigenvalue weighted by Crippen LogP contribution is 2.28. The molecule has 0 aromatic heterocycles. The molecule has 0 saturated carbocycles. The lowest BCUT2D eigenvalue weighted by Gasteiger charge is -2.43. The lowest BCUT2D eigenvalue weighted by Crippen LogP contribution is -2.54. The van der Waals surface area contributed by atoms with E-state index in [1.807, 2.05) is 0 Å². The fourth-order valence-electron chi connectivity index (χ4n) is 2.06. The van der Waals surface area contributed by atoms with Crippen molar-refractivity contribution in [2.24, 2.45) is 5.73 Å². The van der Waals surface area contributed by atoms with Gasteiger partial charge in [0, 0.05) is 6.54 Å². The second-order valence-corrected chi connectivity index (χ2v) is 3.92. The highest BCUT2D eigenvalue weighted by molar-refractivity contribution is 4.89. The Bertz CT molecular complexity index is 163. The van der Waals surface area contributed by atoms with Gasteiger partial charge in [-0.05, 0) is 25.9 Å². The predicted octanol–water partition coefficient (Wildman–Crippen LogP) is -0.517. The largest absolute Gasteiger partial charge is 0.376 e. The molecule has 13 heavy (non-hydrogen) atoms. The van der Waals surface area contributed by atoms with E-state index < -0.39 is 0 Å². The summed E-state index contributed by atoms with van der Waals surface area (Å²) in [6.07, 6.45) is 2.19. The van der Waals surface area contributed by atoms with E-state index >= 15 is 0 Å². The Hall–Kier alpha value is -0.160. The van der Waals surface area contributed by atoms with Gasteiger partial charge in [-0.3, -0.25) is 0 Å². The molecule has 0 bridgehead atoms. The maximum absolute atomic E-state index is 5.97. The van der Waals surface area contributed by atoms with Crippen molar-refractivity contribution in [1.82, 2.24) is 5.32 Å². The minimum atomic E-state index is -0.0342. The van der Waals surface area contributed by atoms with E-state index in [9.17, 15) is 0 Å². The van der Waals surface area contributed by atoms with E-state index in [1.54, 1.807) is 0 Å². The van der Waals surface area contributed by atoms with Crippen LogP contribution in [0.15, 0.2) is 0 Å². The Morgan fingerprint density at radius 1 is 1.38 bits per heavy atom. The average molecular weight is 186 g/mol. The van der Waals surface area contributed by atoms with Gasteiger partial charge in [0.05, 0.1) is 24.9 Å². The Morgan fingerprint density at radius 2 is 2.15 bits per heavy atom. The Balaban J connectivity index is 1.95. The molecule has 76 valence electrons. The van der Waals surface area contributed by atoms with Crippen molar-refractivity contribution in [1.29, 1.82) is 0 Å². The molecule has 4 nitrogen and oxygen atoms in total. The number of ether oxygens (including phenoxy) is 2. The molecule has 2 heterocycles. The van der Waals surface area contributed by atoms with Crippen LogP contribution in [-0.2, 0) is 9.47 Å². The molecule has 2 aliphatic heterocycles. The highest BCUT2D eigenvalue weighted by atomic mass is 16.6. The van der Waals surface area contributed by atoms with Gasteiger partial charge in [0.2, 0.25) is 0 Å². The molecule has 4 heteroatoms. The summed E-state index contributed by atoms with van der Waals surface area (Å²) in [5.74, 6) is 0. The third-order valence-electron chi connectivity index (χ3n) is 2.86. The van der Waals surface area contributed by atoms with Crippen LogP contribution in [0.2, 0.25) is 0 Å². The number of piperidine rings is 1. The smallest absolute Gasteiger partial charge is 0.0944 e. The second-order valence-electron chi connectivity index (χ2n) is 3.92. The zero-order valence-corrected chi connectivity index (χ0v) is 7.92. The first-order valence-corrected chi connectivity index (χ1v) is 5.01. The maximum atomic E-state index is 5.97. The van der Waals surface area contributed by atoms with Crippen LogP contribution in [0.25, 0.3) is 0 Å².